The van der Waals surface area contributed by atoms with Gasteiger partial charge in [0.1, 0.15) is 12.4 Å². The summed E-state index contributed by atoms with van der Waals surface area (Å²) in [7, 11) is 0. The van der Waals surface area contributed by atoms with Crippen molar-refractivity contribution in [2.45, 2.75) is 19.6 Å². The molecule has 0 fully saturated rings. The number of oxime groups is 1. The third-order valence-electron chi connectivity index (χ3n) is 4.14. The molecule has 2 aromatic carbocycles. The summed E-state index contributed by atoms with van der Waals surface area (Å²) in [5, 5.41) is 6.17. The van der Waals surface area contributed by atoms with Crippen molar-refractivity contribution in [1.29, 1.82) is 0 Å². The predicted octanol–water partition coefficient (Wildman–Crippen LogP) is 3.60. The number of carbonyl (C=O) groups excluding carboxylic acids is 1. The molecular weight excluding hydrogens is 406 g/mol. The van der Waals surface area contributed by atoms with Crippen LogP contribution in [0.4, 0.5) is 14.5 Å². The summed E-state index contributed by atoms with van der Waals surface area (Å²) < 4.78 is 31.9. The second kappa shape index (κ2) is 10.1. The molecule has 0 saturated carbocycles. The van der Waals surface area contributed by atoms with Crippen LogP contribution in [0.1, 0.15) is 18.1 Å². The van der Waals surface area contributed by atoms with Crippen LogP contribution in [-0.2, 0) is 16.2 Å². The first-order valence-electron chi connectivity index (χ1n) is 9.29. The topological polar surface area (TPSA) is 98.8 Å². The van der Waals surface area contributed by atoms with E-state index in [4.69, 9.17) is 15.3 Å². The molecule has 0 bridgehead atoms. The zero-order valence-corrected chi connectivity index (χ0v) is 16.6. The maximum atomic E-state index is 13.2. The Labute approximate surface area is 177 Å². The molecule has 9 heteroatoms. The number of hydrogen-bond donors (Lipinski definition) is 2. The largest absolute Gasteiger partial charge is 0.489 e. The molecule has 1 atom stereocenters. The number of aromatic nitrogens is 1. The van der Waals surface area contributed by atoms with Gasteiger partial charge < -0.3 is 20.6 Å². The minimum Gasteiger partial charge on any atom is -0.489 e. The van der Waals surface area contributed by atoms with Crippen molar-refractivity contribution in [3.63, 3.8) is 0 Å². The van der Waals surface area contributed by atoms with E-state index in [1.807, 2.05) is 12.1 Å². The summed E-state index contributed by atoms with van der Waals surface area (Å²) in [6.07, 6.45) is 2.39. The molecular formula is C22H20F2N4O3. The van der Waals surface area contributed by atoms with Gasteiger partial charge in [-0.2, -0.15) is 0 Å². The molecule has 0 aliphatic carbocycles. The van der Waals surface area contributed by atoms with Gasteiger partial charge >= 0.3 is 0 Å². The summed E-state index contributed by atoms with van der Waals surface area (Å²) in [6, 6.07) is 13.6. The maximum Gasteiger partial charge on any atom is 0.267 e. The lowest BCUT2D eigenvalue weighted by molar-refractivity contribution is -0.126. The molecule has 1 heterocycles. The zero-order chi connectivity index (χ0) is 22.2. The molecule has 3 aromatic rings. The molecule has 31 heavy (non-hydrogen) atoms. The standard InChI is InChI=1S/C22H20F2N4O3/c1-14(22(29)27-17-6-9-19(23)20(24)11-17)31-28-21(25)16-4-7-18(8-5-16)30-13-15-3-2-10-26-12-15/h2-12,14H,13H2,1H3,(H2,25,28)(H,27,29). The molecule has 7 nitrogen and oxygen atoms in total. The quantitative estimate of drug-likeness (QED) is 0.326. The number of amides is 1. The van der Waals surface area contributed by atoms with Crippen molar-refractivity contribution in [2.75, 3.05) is 5.32 Å². The smallest absolute Gasteiger partial charge is 0.267 e. The summed E-state index contributed by atoms with van der Waals surface area (Å²) in [5.41, 5.74) is 7.51. The highest BCUT2D eigenvalue weighted by Crippen LogP contribution is 2.15. The Bertz CT molecular complexity index is 1060. The highest BCUT2D eigenvalue weighted by molar-refractivity contribution is 5.97. The lowest BCUT2D eigenvalue weighted by Gasteiger charge is -2.11. The van der Waals surface area contributed by atoms with E-state index in [2.05, 4.69) is 15.5 Å². The van der Waals surface area contributed by atoms with Gasteiger partial charge in [0.2, 0.25) is 6.10 Å². The van der Waals surface area contributed by atoms with Crippen LogP contribution in [0, 0.1) is 11.6 Å². The number of hydrogen-bond acceptors (Lipinski definition) is 5. The number of nitrogens with two attached hydrogens (primary N) is 1. The van der Waals surface area contributed by atoms with Crippen LogP contribution in [0.2, 0.25) is 0 Å². The Morgan fingerprint density at radius 1 is 1.16 bits per heavy atom. The SMILES string of the molecule is CC(ON=C(N)c1ccc(OCc2cccnc2)cc1)C(=O)Nc1ccc(F)c(F)c1. The molecule has 0 saturated heterocycles. The van der Waals surface area contributed by atoms with Gasteiger partial charge in [0.15, 0.2) is 17.5 Å². The second-order valence-electron chi connectivity index (χ2n) is 6.52. The van der Waals surface area contributed by atoms with Crippen LogP contribution in [0.5, 0.6) is 5.75 Å². The number of anilines is 1. The Hall–Kier alpha value is -4.01. The number of amidine groups is 1. The van der Waals surface area contributed by atoms with Crippen LogP contribution in [0.15, 0.2) is 72.1 Å². The molecule has 1 unspecified atom stereocenters. The lowest BCUT2D eigenvalue weighted by Crippen LogP contribution is -2.27. The van der Waals surface area contributed by atoms with Gasteiger partial charge in [0.05, 0.1) is 0 Å². The summed E-state index contributed by atoms with van der Waals surface area (Å²) in [5.74, 6) is -1.97. The summed E-state index contributed by atoms with van der Waals surface area (Å²) >= 11 is 0. The van der Waals surface area contributed by atoms with E-state index in [-0.39, 0.29) is 11.5 Å². The number of halogens is 2. The average Bonchev–Trinajstić information content (AvgIpc) is 2.79. The molecule has 1 amide bonds. The monoisotopic (exact) mass is 426 g/mol. The molecule has 0 radical (unpaired) electrons. The van der Waals surface area contributed by atoms with Crippen molar-refractivity contribution in [2.24, 2.45) is 10.9 Å². The number of carbonyl (C=O) groups is 1. The van der Waals surface area contributed by atoms with Gasteiger partial charge in [-0.05, 0) is 49.4 Å². The maximum absolute atomic E-state index is 13.2. The van der Waals surface area contributed by atoms with E-state index in [1.165, 1.54) is 13.0 Å². The van der Waals surface area contributed by atoms with Gasteiger partial charge in [-0.1, -0.05) is 11.2 Å². The average molecular weight is 426 g/mol. The minimum atomic E-state index is -1.07. The van der Waals surface area contributed by atoms with Gasteiger partial charge in [-0.15, -0.1) is 0 Å². The van der Waals surface area contributed by atoms with E-state index < -0.39 is 23.6 Å². The van der Waals surface area contributed by atoms with Crippen molar-refractivity contribution >= 4 is 17.4 Å². The lowest BCUT2D eigenvalue weighted by atomic mass is 10.2. The van der Waals surface area contributed by atoms with Gasteiger partial charge in [0.25, 0.3) is 5.91 Å². The van der Waals surface area contributed by atoms with E-state index in [1.54, 1.807) is 36.7 Å². The second-order valence-corrected chi connectivity index (χ2v) is 6.52. The molecule has 160 valence electrons. The molecule has 1 aromatic heterocycles. The first-order chi connectivity index (χ1) is 14.9. The summed E-state index contributed by atoms with van der Waals surface area (Å²) in [4.78, 5) is 21.3. The minimum absolute atomic E-state index is 0.0614. The first kappa shape index (κ1) is 21.7. The number of pyridine rings is 1. The van der Waals surface area contributed by atoms with Crippen molar-refractivity contribution in [1.82, 2.24) is 4.98 Å². The third-order valence-corrected chi connectivity index (χ3v) is 4.14. The number of rotatable bonds is 8. The van der Waals surface area contributed by atoms with Gasteiger partial charge in [-0.3, -0.25) is 9.78 Å². The molecule has 3 N–H and O–H groups in total. The van der Waals surface area contributed by atoms with E-state index in [0.29, 0.717) is 17.9 Å². The van der Waals surface area contributed by atoms with Crippen LogP contribution < -0.4 is 15.8 Å². The molecule has 0 aliphatic rings. The van der Waals surface area contributed by atoms with Crippen molar-refractivity contribution < 1.29 is 23.1 Å². The molecule has 0 spiro atoms. The van der Waals surface area contributed by atoms with Crippen LogP contribution in [0.3, 0.4) is 0 Å². The fourth-order valence-corrected chi connectivity index (χ4v) is 2.43. The van der Waals surface area contributed by atoms with E-state index >= 15 is 0 Å². The van der Waals surface area contributed by atoms with E-state index in [9.17, 15) is 13.6 Å². The first-order valence-corrected chi connectivity index (χ1v) is 9.29. The molecule has 0 aliphatic heterocycles. The van der Waals surface area contributed by atoms with Crippen molar-refractivity contribution in [3.8, 4) is 5.75 Å². The summed E-state index contributed by atoms with van der Waals surface area (Å²) in [6.45, 7) is 1.83. The highest BCUT2D eigenvalue weighted by Gasteiger charge is 2.16. The van der Waals surface area contributed by atoms with E-state index in [0.717, 1.165) is 17.7 Å². The fraction of sp³-hybridized carbons (Fsp3) is 0.136. The number of nitrogens with one attached hydrogen (secondary N) is 1. The van der Waals surface area contributed by atoms with Gasteiger partial charge in [-0.25, -0.2) is 8.78 Å². The zero-order valence-electron chi connectivity index (χ0n) is 16.6. The Balaban J connectivity index is 1.52. The fourth-order valence-electron chi connectivity index (χ4n) is 2.43. The number of benzene rings is 2. The van der Waals surface area contributed by atoms with Crippen molar-refractivity contribution in [3.05, 3.63) is 89.8 Å². The van der Waals surface area contributed by atoms with Crippen LogP contribution in [-0.4, -0.2) is 22.8 Å². The Morgan fingerprint density at radius 3 is 2.61 bits per heavy atom. The Kier molecular flexibility index (Phi) is 7.10. The predicted molar refractivity (Wildman–Crippen MR) is 111 cm³/mol. The molecule has 3 rings (SSSR count). The number of nitrogens with zero attached hydrogens (tertiary/aromatic N) is 2. The normalized spacial score (nSPS) is 12.2. The Morgan fingerprint density at radius 2 is 1.94 bits per heavy atom. The van der Waals surface area contributed by atoms with Crippen LogP contribution >= 0.6 is 0 Å². The number of ether oxygens (including phenoxy) is 1. The van der Waals surface area contributed by atoms with Crippen LogP contribution in [0.25, 0.3) is 0 Å². The van der Waals surface area contributed by atoms with Gasteiger partial charge in [0, 0.05) is 35.3 Å². The highest BCUT2D eigenvalue weighted by atomic mass is 19.2. The third kappa shape index (κ3) is 6.23.